The molecule has 0 saturated carbocycles. The lowest BCUT2D eigenvalue weighted by atomic mass is 10.0. The molecule has 82 valence electrons. The summed E-state index contributed by atoms with van der Waals surface area (Å²) in [6, 6.07) is 5.86. The molecule has 2 nitrogen and oxygen atoms in total. The van der Waals surface area contributed by atoms with Crippen LogP contribution in [0, 0.1) is 0 Å². The molecule has 1 aliphatic rings. The van der Waals surface area contributed by atoms with Gasteiger partial charge in [-0.1, -0.05) is 0 Å². The maximum Gasteiger partial charge on any atom is 0.275 e. The Morgan fingerprint density at radius 3 is 2.47 bits per heavy atom. The van der Waals surface area contributed by atoms with Crippen molar-refractivity contribution >= 4 is 0 Å². The van der Waals surface area contributed by atoms with Gasteiger partial charge in [0.1, 0.15) is 5.75 Å². The number of rotatable bonds is 4. The number of hydrogen-bond donors (Lipinski definition) is 0. The Morgan fingerprint density at radius 2 is 2.00 bits per heavy atom. The quantitative estimate of drug-likeness (QED) is 0.718. The number of halogens is 2. The zero-order valence-electron chi connectivity index (χ0n) is 8.37. The highest BCUT2D eigenvalue weighted by atomic mass is 19.3. The minimum absolute atomic E-state index is 0.0128. The highest BCUT2D eigenvalue weighted by Gasteiger charge is 2.39. The molecule has 0 aliphatic carbocycles. The Hall–Kier alpha value is -1.16. The average molecular weight is 214 g/mol. The molecule has 0 radical (unpaired) electrons. The third-order valence-electron chi connectivity index (χ3n) is 2.40. The van der Waals surface area contributed by atoms with Crippen LogP contribution in [0.5, 0.6) is 5.75 Å². The molecular weight excluding hydrogens is 202 g/mol. The molecule has 0 bridgehead atoms. The molecule has 4 heteroatoms. The molecule has 1 heterocycles. The van der Waals surface area contributed by atoms with Gasteiger partial charge in [0.15, 0.2) is 0 Å². The molecule has 1 unspecified atom stereocenters. The second-order valence-corrected chi connectivity index (χ2v) is 3.59. The first-order valence-corrected chi connectivity index (χ1v) is 4.76. The van der Waals surface area contributed by atoms with Gasteiger partial charge >= 0.3 is 0 Å². The summed E-state index contributed by atoms with van der Waals surface area (Å²) in [4.78, 5) is 0. The molecule has 0 amide bonds. The van der Waals surface area contributed by atoms with E-state index >= 15 is 0 Å². The summed E-state index contributed by atoms with van der Waals surface area (Å²) in [5.41, 5.74) is 0.0128. The van der Waals surface area contributed by atoms with E-state index in [4.69, 9.17) is 9.47 Å². The number of epoxide rings is 1. The van der Waals surface area contributed by atoms with Gasteiger partial charge in [0, 0.05) is 12.0 Å². The molecule has 1 atom stereocenters. The smallest absolute Gasteiger partial charge is 0.275 e. The largest absolute Gasteiger partial charge is 0.497 e. The Morgan fingerprint density at radius 1 is 1.40 bits per heavy atom. The molecule has 0 aromatic heterocycles. The molecule has 0 spiro atoms. The van der Waals surface area contributed by atoms with Crippen LogP contribution in [0.3, 0.4) is 0 Å². The fourth-order valence-corrected chi connectivity index (χ4v) is 1.42. The highest BCUT2D eigenvalue weighted by Crippen LogP contribution is 2.37. The Kier molecular flexibility index (Phi) is 2.61. The summed E-state index contributed by atoms with van der Waals surface area (Å²) >= 11 is 0. The molecule has 1 fully saturated rings. The van der Waals surface area contributed by atoms with Crippen molar-refractivity contribution in [1.29, 1.82) is 0 Å². The van der Waals surface area contributed by atoms with E-state index < -0.39 is 5.92 Å². The van der Waals surface area contributed by atoms with E-state index in [2.05, 4.69) is 0 Å². The van der Waals surface area contributed by atoms with Gasteiger partial charge in [-0.25, -0.2) is 8.78 Å². The van der Waals surface area contributed by atoms with Gasteiger partial charge in [0.25, 0.3) is 5.92 Å². The van der Waals surface area contributed by atoms with Crippen molar-refractivity contribution in [3.63, 3.8) is 0 Å². The molecule has 1 aliphatic heterocycles. The van der Waals surface area contributed by atoms with E-state index in [-0.39, 0.29) is 18.1 Å². The third-order valence-corrected chi connectivity index (χ3v) is 2.40. The number of hydrogen-bond acceptors (Lipinski definition) is 2. The van der Waals surface area contributed by atoms with Crippen molar-refractivity contribution in [3.8, 4) is 5.75 Å². The predicted octanol–water partition coefficient (Wildman–Crippen LogP) is 2.58. The lowest BCUT2D eigenvalue weighted by molar-refractivity contribution is -0.0199. The second-order valence-electron chi connectivity index (χ2n) is 3.59. The van der Waals surface area contributed by atoms with Crippen LogP contribution in [-0.2, 0) is 10.7 Å². The number of alkyl halides is 2. The minimum atomic E-state index is -2.81. The SMILES string of the molecule is COc1ccc(C(F)(F)CC2CO2)cc1. The van der Waals surface area contributed by atoms with Crippen LogP contribution >= 0.6 is 0 Å². The molecule has 0 N–H and O–H groups in total. The molecule has 1 aromatic carbocycles. The van der Waals surface area contributed by atoms with Crippen LogP contribution in [0.15, 0.2) is 24.3 Å². The summed E-state index contributed by atoms with van der Waals surface area (Å²) in [6.45, 7) is 0.450. The van der Waals surface area contributed by atoms with Gasteiger partial charge in [-0.3, -0.25) is 0 Å². The summed E-state index contributed by atoms with van der Waals surface area (Å²) in [5, 5.41) is 0. The maximum atomic E-state index is 13.6. The fourth-order valence-electron chi connectivity index (χ4n) is 1.42. The molecule has 15 heavy (non-hydrogen) atoms. The Bertz CT molecular complexity index is 331. The minimum Gasteiger partial charge on any atom is -0.497 e. The number of ether oxygens (including phenoxy) is 2. The molecule has 1 aromatic rings. The topological polar surface area (TPSA) is 21.8 Å². The van der Waals surface area contributed by atoms with E-state index in [0.29, 0.717) is 12.4 Å². The van der Waals surface area contributed by atoms with Gasteiger partial charge in [-0.15, -0.1) is 0 Å². The van der Waals surface area contributed by atoms with Crippen LogP contribution in [0.25, 0.3) is 0 Å². The summed E-state index contributed by atoms with van der Waals surface area (Å²) in [6.07, 6.45) is -0.513. The highest BCUT2D eigenvalue weighted by molar-refractivity contribution is 5.29. The van der Waals surface area contributed by atoms with Crippen LogP contribution < -0.4 is 4.74 Å². The summed E-state index contributed by atoms with van der Waals surface area (Å²) < 4.78 is 36.8. The van der Waals surface area contributed by atoms with E-state index in [1.807, 2.05) is 0 Å². The van der Waals surface area contributed by atoms with Crippen LogP contribution in [0.4, 0.5) is 8.78 Å². The van der Waals surface area contributed by atoms with Crippen molar-refractivity contribution in [1.82, 2.24) is 0 Å². The van der Waals surface area contributed by atoms with Crippen molar-refractivity contribution in [2.75, 3.05) is 13.7 Å². The van der Waals surface area contributed by atoms with Crippen LogP contribution in [0.1, 0.15) is 12.0 Å². The maximum absolute atomic E-state index is 13.6. The Labute approximate surface area is 86.8 Å². The van der Waals surface area contributed by atoms with Gasteiger partial charge < -0.3 is 9.47 Å². The first-order valence-electron chi connectivity index (χ1n) is 4.76. The summed E-state index contributed by atoms with van der Waals surface area (Å²) in [7, 11) is 1.51. The van der Waals surface area contributed by atoms with E-state index in [9.17, 15) is 8.78 Å². The zero-order valence-corrected chi connectivity index (χ0v) is 8.37. The normalized spacial score (nSPS) is 20.1. The number of methoxy groups -OCH3 is 1. The molecule has 2 rings (SSSR count). The van der Waals surface area contributed by atoms with Gasteiger partial charge in [-0.05, 0) is 24.3 Å². The second kappa shape index (κ2) is 3.77. The van der Waals surface area contributed by atoms with E-state index in [0.717, 1.165) is 0 Å². The van der Waals surface area contributed by atoms with Crippen molar-refractivity contribution in [2.24, 2.45) is 0 Å². The van der Waals surface area contributed by atoms with Crippen molar-refractivity contribution in [3.05, 3.63) is 29.8 Å². The third kappa shape index (κ3) is 2.45. The first-order chi connectivity index (χ1) is 7.12. The standard InChI is InChI=1S/C11H12F2O2/c1-14-9-4-2-8(3-5-9)11(12,13)6-10-7-15-10/h2-5,10H,6-7H2,1H3. The van der Waals surface area contributed by atoms with Gasteiger partial charge in [0.2, 0.25) is 0 Å². The average Bonchev–Trinajstić information content (AvgIpc) is 3.01. The van der Waals surface area contributed by atoms with E-state index in [1.165, 1.54) is 31.4 Å². The number of benzene rings is 1. The van der Waals surface area contributed by atoms with Gasteiger partial charge in [0.05, 0.1) is 19.8 Å². The first kappa shape index (κ1) is 10.4. The van der Waals surface area contributed by atoms with Gasteiger partial charge in [-0.2, -0.15) is 0 Å². The van der Waals surface area contributed by atoms with Crippen LogP contribution in [0.2, 0.25) is 0 Å². The predicted molar refractivity (Wildman–Crippen MR) is 51.2 cm³/mol. The van der Waals surface area contributed by atoms with Crippen LogP contribution in [-0.4, -0.2) is 19.8 Å². The molecular formula is C11H12F2O2. The monoisotopic (exact) mass is 214 g/mol. The lowest BCUT2D eigenvalue weighted by Gasteiger charge is -2.15. The van der Waals surface area contributed by atoms with Crippen molar-refractivity contribution < 1.29 is 18.3 Å². The molecule has 1 saturated heterocycles. The zero-order chi connectivity index (χ0) is 10.9. The Balaban J connectivity index is 2.11. The fraction of sp³-hybridized carbons (Fsp3) is 0.455. The van der Waals surface area contributed by atoms with Crippen molar-refractivity contribution in [2.45, 2.75) is 18.4 Å². The lowest BCUT2D eigenvalue weighted by Crippen LogP contribution is -2.16. The van der Waals surface area contributed by atoms with E-state index in [1.54, 1.807) is 0 Å². The summed E-state index contributed by atoms with van der Waals surface area (Å²) in [5.74, 6) is -2.23.